The van der Waals surface area contributed by atoms with Crippen LogP contribution in [-0.4, -0.2) is 36.3 Å². The summed E-state index contributed by atoms with van der Waals surface area (Å²) in [7, 11) is 0. The van der Waals surface area contributed by atoms with Crippen molar-refractivity contribution in [2.24, 2.45) is 0 Å². The molecule has 90 valence electrons. The predicted molar refractivity (Wildman–Crippen MR) is 64.4 cm³/mol. The first-order valence-electron chi connectivity index (χ1n) is 5.88. The van der Waals surface area contributed by atoms with E-state index >= 15 is 0 Å². The summed E-state index contributed by atoms with van der Waals surface area (Å²) in [5, 5.41) is 2.59. The zero-order chi connectivity index (χ0) is 12.1. The first-order chi connectivity index (χ1) is 8.27. The lowest BCUT2D eigenvalue weighted by molar-refractivity contribution is -0.144. The molecule has 0 radical (unpaired) electrons. The second-order valence-electron chi connectivity index (χ2n) is 4.14. The molecule has 2 rings (SSSR count). The Kier molecular flexibility index (Phi) is 3.75. The summed E-state index contributed by atoms with van der Waals surface area (Å²) >= 11 is 0. The third-order valence-electron chi connectivity index (χ3n) is 2.89. The molecule has 0 bridgehead atoms. The molecule has 4 nitrogen and oxygen atoms in total. The quantitative estimate of drug-likeness (QED) is 0.775. The van der Waals surface area contributed by atoms with E-state index in [4.69, 9.17) is 0 Å². The van der Waals surface area contributed by atoms with Crippen LogP contribution < -0.4 is 5.32 Å². The summed E-state index contributed by atoms with van der Waals surface area (Å²) in [6.07, 6.45) is 1.62. The topological polar surface area (TPSA) is 49.4 Å². The number of rotatable bonds is 3. The van der Waals surface area contributed by atoms with Gasteiger partial charge in [0.15, 0.2) is 0 Å². The molecule has 1 fully saturated rings. The van der Waals surface area contributed by atoms with Crippen molar-refractivity contribution >= 4 is 11.8 Å². The van der Waals surface area contributed by atoms with Crippen LogP contribution in [0.1, 0.15) is 12.0 Å². The molecule has 0 aliphatic carbocycles. The standard InChI is InChI=1S/C13H16N2O2/c16-12-13(17)15(9-4-8-14-12)10-7-11-5-2-1-3-6-11/h1-3,5-6H,4,7-10H2,(H,14,16). The molecule has 1 heterocycles. The molecule has 1 aromatic carbocycles. The van der Waals surface area contributed by atoms with Gasteiger partial charge in [-0.25, -0.2) is 0 Å². The second-order valence-corrected chi connectivity index (χ2v) is 4.14. The highest BCUT2D eigenvalue weighted by atomic mass is 16.2. The number of hydrogen-bond acceptors (Lipinski definition) is 2. The maximum atomic E-state index is 11.7. The van der Waals surface area contributed by atoms with Gasteiger partial charge in [0.2, 0.25) is 0 Å². The maximum Gasteiger partial charge on any atom is 0.311 e. The fourth-order valence-corrected chi connectivity index (χ4v) is 1.91. The van der Waals surface area contributed by atoms with Gasteiger partial charge in [-0.2, -0.15) is 0 Å². The molecule has 0 spiro atoms. The van der Waals surface area contributed by atoms with Gasteiger partial charge < -0.3 is 10.2 Å². The molecule has 4 heteroatoms. The normalized spacial score (nSPS) is 16.6. The third kappa shape index (κ3) is 3.06. The van der Waals surface area contributed by atoms with E-state index in [1.165, 1.54) is 5.56 Å². The summed E-state index contributed by atoms with van der Waals surface area (Å²) in [5.41, 5.74) is 1.19. The van der Waals surface area contributed by atoms with Gasteiger partial charge in [0.05, 0.1) is 0 Å². The molecule has 0 saturated carbocycles. The first kappa shape index (κ1) is 11.6. The fourth-order valence-electron chi connectivity index (χ4n) is 1.91. The van der Waals surface area contributed by atoms with Gasteiger partial charge in [-0.3, -0.25) is 9.59 Å². The van der Waals surface area contributed by atoms with Crippen LogP contribution in [0.15, 0.2) is 30.3 Å². The molecule has 1 aromatic rings. The zero-order valence-corrected chi connectivity index (χ0v) is 9.69. The molecular weight excluding hydrogens is 216 g/mol. The van der Waals surface area contributed by atoms with Gasteiger partial charge in [0.1, 0.15) is 0 Å². The van der Waals surface area contributed by atoms with Crippen molar-refractivity contribution in [3.8, 4) is 0 Å². The number of hydrogen-bond donors (Lipinski definition) is 1. The molecule has 0 atom stereocenters. The van der Waals surface area contributed by atoms with Gasteiger partial charge in [-0.15, -0.1) is 0 Å². The van der Waals surface area contributed by atoms with E-state index in [2.05, 4.69) is 5.32 Å². The van der Waals surface area contributed by atoms with Crippen molar-refractivity contribution in [3.05, 3.63) is 35.9 Å². The van der Waals surface area contributed by atoms with E-state index < -0.39 is 11.8 Å². The number of amides is 2. The van der Waals surface area contributed by atoms with Crippen molar-refractivity contribution < 1.29 is 9.59 Å². The van der Waals surface area contributed by atoms with E-state index in [0.717, 1.165) is 12.8 Å². The lowest BCUT2D eigenvalue weighted by atomic mass is 10.1. The van der Waals surface area contributed by atoms with E-state index in [1.54, 1.807) is 4.90 Å². The van der Waals surface area contributed by atoms with Crippen molar-refractivity contribution in [1.29, 1.82) is 0 Å². The minimum Gasteiger partial charge on any atom is -0.348 e. The lowest BCUT2D eigenvalue weighted by Crippen LogP contribution is -2.40. The summed E-state index contributed by atoms with van der Waals surface area (Å²) in [6.45, 7) is 1.85. The maximum absolute atomic E-state index is 11.7. The highest BCUT2D eigenvalue weighted by Gasteiger charge is 2.23. The predicted octanol–water partition coefficient (Wildman–Crippen LogP) is 0.578. The Morgan fingerprint density at radius 1 is 1.18 bits per heavy atom. The highest BCUT2D eigenvalue weighted by molar-refractivity contribution is 6.35. The van der Waals surface area contributed by atoms with Crippen molar-refractivity contribution in [1.82, 2.24) is 10.2 Å². The highest BCUT2D eigenvalue weighted by Crippen LogP contribution is 2.04. The van der Waals surface area contributed by atoms with Crippen LogP contribution in [-0.2, 0) is 16.0 Å². The Balaban J connectivity index is 1.93. The average Bonchev–Trinajstić information content (AvgIpc) is 2.52. The van der Waals surface area contributed by atoms with Crippen LogP contribution in [0.5, 0.6) is 0 Å². The Morgan fingerprint density at radius 2 is 1.94 bits per heavy atom. The Bertz CT molecular complexity index is 403. The molecule has 1 saturated heterocycles. The van der Waals surface area contributed by atoms with Gasteiger partial charge >= 0.3 is 11.8 Å². The summed E-state index contributed by atoms with van der Waals surface area (Å²) in [4.78, 5) is 24.6. The molecule has 0 unspecified atom stereocenters. The number of nitrogens with zero attached hydrogens (tertiary/aromatic N) is 1. The number of carbonyl (C=O) groups excluding carboxylic acids is 2. The molecule has 1 N–H and O–H groups in total. The lowest BCUT2D eigenvalue weighted by Gasteiger charge is -2.18. The molecule has 1 aliphatic heterocycles. The Morgan fingerprint density at radius 3 is 2.71 bits per heavy atom. The monoisotopic (exact) mass is 232 g/mol. The SMILES string of the molecule is O=C1NCCCN(CCc2ccccc2)C1=O. The number of benzene rings is 1. The van der Waals surface area contributed by atoms with E-state index in [9.17, 15) is 9.59 Å². The van der Waals surface area contributed by atoms with E-state index in [-0.39, 0.29) is 0 Å². The van der Waals surface area contributed by atoms with Gasteiger partial charge in [-0.05, 0) is 18.4 Å². The molecule has 17 heavy (non-hydrogen) atoms. The molecular formula is C13H16N2O2. The Labute approximate surface area is 101 Å². The van der Waals surface area contributed by atoms with Gasteiger partial charge in [-0.1, -0.05) is 30.3 Å². The third-order valence-corrected chi connectivity index (χ3v) is 2.89. The van der Waals surface area contributed by atoms with E-state index in [1.807, 2.05) is 30.3 Å². The van der Waals surface area contributed by atoms with Crippen LogP contribution in [0.4, 0.5) is 0 Å². The summed E-state index contributed by atoms with van der Waals surface area (Å²) < 4.78 is 0. The Hall–Kier alpha value is -1.84. The number of carbonyl (C=O) groups is 2. The van der Waals surface area contributed by atoms with Crippen LogP contribution in [0, 0.1) is 0 Å². The second kappa shape index (κ2) is 5.48. The largest absolute Gasteiger partial charge is 0.348 e. The average molecular weight is 232 g/mol. The zero-order valence-electron chi connectivity index (χ0n) is 9.69. The molecule has 0 aromatic heterocycles. The van der Waals surface area contributed by atoms with Crippen LogP contribution >= 0.6 is 0 Å². The van der Waals surface area contributed by atoms with Crippen molar-refractivity contribution in [3.63, 3.8) is 0 Å². The minimum absolute atomic E-state index is 0.404. The van der Waals surface area contributed by atoms with Gasteiger partial charge in [0, 0.05) is 19.6 Å². The minimum atomic E-state index is -0.476. The van der Waals surface area contributed by atoms with Crippen molar-refractivity contribution in [2.45, 2.75) is 12.8 Å². The van der Waals surface area contributed by atoms with Crippen LogP contribution in [0.2, 0.25) is 0 Å². The van der Waals surface area contributed by atoms with Gasteiger partial charge in [0.25, 0.3) is 0 Å². The fraction of sp³-hybridized carbons (Fsp3) is 0.385. The molecule has 1 aliphatic rings. The van der Waals surface area contributed by atoms with Crippen LogP contribution in [0.25, 0.3) is 0 Å². The first-order valence-corrected chi connectivity index (χ1v) is 5.88. The summed E-state index contributed by atoms with van der Waals surface area (Å²) in [5.74, 6) is -0.881. The van der Waals surface area contributed by atoms with E-state index in [0.29, 0.717) is 19.6 Å². The van der Waals surface area contributed by atoms with Crippen LogP contribution in [0.3, 0.4) is 0 Å². The molecule has 2 amide bonds. The summed E-state index contributed by atoms with van der Waals surface area (Å²) in [6, 6.07) is 9.98. The smallest absolute Gasteiger partial charge is 0.311 e. The van der Waals surface area contributed by atoms with Crippen molar-refractivity contribution in [2.75, 3.05) is 19.6 Å². The number of nitrogens with one attached hydrogen (secondary N) is 1.